The van der Waals surface area contributed by atoms with Crippen LogP contribution >= 0.6 is 0 Å². The number of primary amides is 1. The van der Waals surface area contributed by atoms with Gasteiger partial charge in [-0.2, -0.15) is 4.31 Å². The first-order chi connectivity index (χ1) is 12.4. The number of nitrogens with two attached hydrogens (primary N) is 1. The molecule has 4 rings (SSSR count). The van der Waals surface area contributed by atoms with Crippen molar-refractivity contribution in [1.82, 2.24) is 4.31 Å². The molecule has 0 radical (unpaired) electrons. The van der Waals surface area contributed by atoms with Crippen LogP contribution in [0.1, 0.15) is 56.1 Å². The average Bonchev–Trinajstić information content (AvgIpc) is 3.45. The Labute approximate surface area is 156 Å². The molecule has 142 valence electrons. The Bertz CT molecular complexity index is 816. The van der Waals surface area contributed by atoms with Gasteiger partial charge in [-0.25, -0.2) is 8.42 Å². The van der Waals surface area contributed by atoms with Crippen LogP contribution in [-0.4, -0.2) is 31.7 Å². The SMILES string of the molecule is NC(=O)C1(CC2CC2)CCCN(S(=O)(=O)c2ccc3c(c2)CCCC3)C1. The van der Waals surface area contributed by atoms with Crippen LogP contribution in [0.25, 0.3) is 0 Å². The summed E-state index contributed by atoms with van der Waals surface area (Å²) in [6, 6.07) is 5.56. The van der Waals surface area contributed by atoms with Gasteiger partial charge in [-0.05, 0) is 74.1 Å². The summed E-state index contributed by atoms with van der Waals surface area (Å²) in [5.41, 5.74) is 7.49. The highest BCUT2D eigenvalue weighted by molar-refractivity contribution is 7.89. The number of aryl methyl sites for hydroxylation is 2. The summed E-state index contributed by atoms with van der Waals surface area (Å²) in [7, 11) is -3.59. The lowest BCUT2D eigenvalue weighted by Gasteiger charge is -2.40. The molecule has 0 spiro atoms. The zero-order chi connectivity index (χ0) is 18.4. The lowest BCUT2D eigenvalue weighted by atomic mass is 9.75. The van der Waals surface area contributed by atoms with E-state index in [1.165, 1.54) is 16.3 Å². The molecule has 3 aliphatic rings. The van der Waals surface area contributed by atoms with Crippen molar-refractivity contribution in [2.24, 2.45) is 17.1 Å². The second-order valence-electron chi connectivity index (χ2n) is 8.37. The van der Waals surface area contributed by atoms with Crippen LogP contribution in [-0.2, 0) is 27.7 Å². The van der Waals surface area contributed by atoms with Crippen molar-refractivity contribution in [1.29, 1.82) is 0 Å². The largest absolute Gasteiger partial charge is 0.369 e. The van der Waals surface area contributed by atoms with Gasteiger partial charge in [-0.15, -0.1) is 0 Å². The molecule has 5 nitrogen and oxygen atoms in total. The first-order valence-corrected chi connectivity index (χ1v) is 11.3. The Morgan fingerprint density at radius 2 is 1.88 bits per heavy atom. The lowest BCUT2D eigenvalue weighted by molar-refractivity contribution is -0.130. The molecule has 1 saturated heterocycles. The molecule has 0 bridgehead atoms. The molecular weight excluding hydrogens is 348 g/mol. The minimum Gasteiger partial charge on any atom is -0.369 e. The fraction of sp³-hybridized carbons (Fsp3) is 0.650. The first kappa shape index (κ1) is 18.0. The predicted molar refractivity (Wildman–Crippen MR) is 100 cm³/mol. The van der Waals surface area contributed by atoms with Gasteiger partial charge in [0.15, 0.2) is 0 Å². The Hall–Kier alpha value is -1.40. The zero-order valence-corrected chi connectivity index (χ0v) is 16.1. The Morgan fingerprint density at radius 3 is 2.58 bits per heavy atom. The van der Waals surface area contributed by atoms with Gasteiger partial charge < -0.3 is 5.73 Å². The van der Waals surface area contributed by atoms with Crippen molar-refractivity contribution < 1.29 is 13.2 Å². The second kappa shape index (κ2) is 6.64. The topological polar surface area (TPSA) is 80.5 Å². The molecule has 2 fully saturated rings. The lowest BCUT2D eigenvalue weighted by Crippen LogP contribution is -2.52. The van der Waals surface area contributed by atoms with Gasteiger partial charge in [0.05, 0.1) is 10.3 Å². The molecule has 0 aromatic heterocycles. The van der Waals surface area contributed by atoms with Crippen molar-refractivity contribution in [3.05, 3.63) is 29.3 Å². The van der Waals surface area contributed by atoms with Crippen LogP contribution < -0.4 is 5.73 Å². The molecule has 1 heterocycles. The van der Waals surface area contributed by atoms with E-state index in [0.29, 0.717) is 30.2 Å². The molecule has 1 aliphatic heterocycles. The van der Waals surface area contributed by atoms with E-state index in [-0.39, 0.29) is 12.5 Å². The van der Waals surface area contributed by atoms with Crippen molar-refractivity contribution >= 4 is 15.9 Å². The Kier molecular flexibility index (Phi) is 4.59. The summed E-state index contributed by atoms with van der Waals surface area (Å²) in [5, 5.41) is 0. The summed E-state index contributed by atoms with van der Waals surface area (Å²) >= 11 is 0. The van der Waals surface area contributed by atoms with Gasteiger partial charge in [0.1, 0.15) is 0 Å². The highest BCUT2D eigenvalue weighted by Gasteiger charge is 2.47. The number of sulfonamides is 1. The number of piperidine rings is 1. The van der Waals surface area contributed by atoms with E-state index in [2.05, 4.69) is 0 Å². The van der Waals surface area contributed by atoms with E-state index in [1.54, 1.807) is 6.07 Å². The van der Waals surface area contributed by atoms with Crippen LogP contribution in [0.15, 0.2) is 23.1 Å². The number of hydrogen-bond donors (Lipinski definition) is 1. The van der Waals surface area contributed by atoms with Crippen LogP contribution in [0, 0.1) is 11.3 Å². The monoisotopic (exact) mass is 376 g/mol. The highest BCUT2D eigenvalue weighted by Crippen LogP contribution is 2.45. The van der Waals surface area contributed by atoms with Crippen molar-refractivity contribution in [3.8, 4) is 0 Å². The third-order valence-corrected chi connectivity index (χ3v) is 8.24. The van der Waals surface area contributed by atoms with Gasteiger partial charge in [-0.1, -0.05) is 18.9 Å². The van der Waals surface area contributed by atoms with Crippen molar-refractivity contribution in [3.63, 3.8) is 0 Å². The molecule has 2 N–H and O–H groups in total. The van der Waals surface area contributed by atoms with Crippen molar-refractivity contribution in [2.45, 2.75) is 62.7 Å². The zero-order valence-electron chi connectivity index (χ0n) is 15.2. The number of fused-ring (bicyclic) bond motifs is 1. The quantitative estimate of drug-likeness (QED) is 0.858. The normalized spacial score (nSPS) is 27.1. The molecule has 1 atom stereocenters. The standard InChI is InChI=1S/C20H28N2O3S/c21-19(23)20(13-15-6-7-15)10-3-11-22(14-20)26(24,25)18-9-8-16-4-1-2-5-17(16)12-18/h8-9,12,15H,1-7,10-11,13-14H2,(H2,21,23). The van der Waals surface area contributed by atoms with Gasteiger partial charge in [-0.3, -0.25) is 4.79 Å². The molecule has 6 heteroatoms. The summed E-state index contributed by atoms with van der Waals surface area (Å²) in [5.74, 6) is 0.198. The molecule has 2 aliphatic carbocycles. The summed E-state index contributed by atoms with van der Waals surface area (Å²) < 4.78 is 28.0. The van der Waals surface area contributed by atoms with Gasteiger partial charge in [0.25, 0.3) is 0 Å². The van der Waals surface area contributed by atoms with Crippen molar-refractivity contribution in [2.75, 3.05) is 13.1 Å². The predicted octanol–water partition coefficient (Wildman–Crippen LogP) is 2.62. The molecule has 1 aromatic rings. The second-order valence-corrected chi connectivity index (χ2v) is 10.3. The van der Waals surface area contributed by atoms with E-state index < -0.39 is 15.4 Å². The number of amides is 1. The maximum Gasteiger partial charge on any atom is 0.243 e. The molecule has 1 amide bonds. The summed E-state index contributed by atoms with van der Waals surface area (Å²) in [6.45, 7) is 0.706. The number of benzene rings is 1. The van der Waals surface area contributed by atoms with E-state index in [9.17, 15) is 13.2 Å². The van der Waals surface area contributed by atoms with E-state index in [0.717, 1.165) is 44.1 Å². The smallest absolute Gasteiger partial charge is 0.243 e. The van der Waals surface area contributed by atoms with E-state index in [4.69, 9.17) is 5.73 Å². The summed E-state index contributed by atoms with van der Waals surface area (Å²) in [4.78, 5) is 12.6. The number of rotatable bonds is 5. The van der Waals surface area contributed by atoms with Gasteiger partial charge >= 0.3 is 0 Å². The highest BCUT2D eigenvalue weighted by atomic mass is 32.2. The minimum atomic E-state index is -3.59. The van der Waals surface area contributed by atoms with E-state index in [1.807, 2.05) is 12.1 Å². The first-order valence-electron chi connectivity index (χ1n) is 9.83. The maximum absolute atomic E-state index is 13.3. The minimum absolute atomic E-state index is 0.234. The van der Waals surface area contributed by atoms with E-state index >= 15 is 0 Å². The Balaban J connectivity index is 1.61. The summed E-state index contributed by atoms with van der Waals surface area (Å²) in [6.07, 6.45) is 8.67. The number of carbonyl (C=O) groups is 1. The van der Waals surface area contributed by atoms with Crippen LogP contribution in [0.5, 0.6) is 0 Å². The Morgan fingerprint density at radius 1 is 1.15 bits per heavy atom. The molecule has 1 unspecified atom stereocenters. The van der Waals surface area contributed by atoms with Gasteiger partial charge in [0, 0.05) is 13.1 Å². The number of carbonyl (C=O) groups excluding carboxylic acids is 1. The van der Waals surface area contributed by atoms with Crippen LogP contribution in [0.2, 0.25) is 0 Å². The van der Waals surface area contributed by atoms with Gasteiger partial charge in [0.2, 0.25) is 15.9 Å². The number of hydrogen-bond acceptors (Lipinski definition) is 3. The fourth-order valence-electron chi connectivity index (χ4n) is 4.66. The fourth-order valence-corrected chi connectivity index (χ4v) is 6.27. The molecular formula is C20H28N2O3S. The molecule has 26 heavy (non-hydrogen) atoms. The molecule has 1 saturated carbocycles. The number of nitrogens with zero attached hydrogens (tertiary/aromatic N) is 1. The maximum atomic E-state index is 13.3. The van der Waals surface area contributed by atoms with Crippen LogP contribution in [0.4, 0.5) is 0 Å². The third kappa shape index (κ3) is 3.29. The average molecular weight is 377 g/mol. The molecule has 1 aromatic carbocycles. The third-order valence-electron chi connectivity index (χ3n) is 6.40. The van der Waals surface area contributed by atoms with Crippen LogP contribution in [0.3, 0.4) is 0 Å².